The number of carboxylic acids is 1. The van der Waals surface area contributed by atoms with Crippen molar-refractivity contribution in [1.29, 1.82) is 0 Å². The molecule has 1 aromatic rings. The summed E-state index contributed by atoms with van der Waals surface area (Å²) >= 11 is 0. The number of hydrogen-bond donors (Lipinski definition) is 3. The minimum atomic E-state index is -3.70. The van der Waals surface area contributed by atoms with Crippen molar-refractivity contribution in [1.82, 2.24) is 4.72 Å². The predicted octanol–water partition coefficient (Wildman–Crippen LogP) is 1.79. The van der Waals surface area contributed by atoms with Crippen molar-refractivity contribution in [3.05, 3.63) is 24.0 Å². The summed E-state index contributed by atoms with van der Waals surface area (Å²) in [7, 11) is -2.45. The van der Waals surface area contributed by atoms with Crippen LogP contribution in [0.2, 0.25) is 0 Å². The molecule has 0 bridgehead atoms. The van der Waals surface area contributed by atoms with Crippen LogP contribution in [0.15, 0.2) is 23.1 Å². The van der Waals surface area contributed by atoms with Crippen LogP contribution in [0.4, 0.5) is 10.1 Å². The number of sulfonamides is 1. The Labute approximate surface area is 123 Å². The highest BCUT2D eigenvalue weighted by Crippen LogP contribution is 2.24. The highest BCUT2D eigenvalue weighted by atomic mass is 32.2. The lowest BCUT2D eigenvalue weighted by Gasteiger charge is -2.27. The fourth-order valence-corrected chi connectivity index (χ4v) is 2.47. The van der Waals surface area contributed by atoms with Gasteiger partial charge in [-0.15, -0.1) is 0 Å². The van der Waals surface area contributed by atoms with E-state index in [-0.39, 0.29) is 17.0 Å². The van der Waals surface area contributed by atoms with E-state index in [0.29, 0.717) is 6.42 Å². The van der Waals surface area contributed by atoms with Gasteiger partial charge < -0.3 is 10.4 Å². The van der Waals surface area contributed by atoms with Crippen LogP contribution in [-0.2, 0) is 14.8 Å². The van der Waals surface area contributed by atoms with Crippen LogP contribution >= 0.6 is 0 Å². The first-order valence-electron chi connectivity index (χ1n) is 6.30. The van der Waals surface area contributed by atoms with Gasteiger partial charge in [0, 0.05) is 12.0 Å². The van der Waals surface area contributed by atoms with Crippen molar-refractivity contribution in [2.45, 2.75) is 37.1 Å². The van der Waals surface area contributed by atoms with E-state index in [9.17, 15) is 17.6 Å². The van der Waals surface area contributed by atoms with Crippen LogP contribution in [0.25, 0.3) is 0 Å². The van der Waals surface area contributed by atoms with Crippen LogP contribution in [-0.4, -0.2) is 32.1 Å². The van der Waals surface area contributed by atoms with Crippen molar-refractivity contribution >= 4 is 21.7 Å². The molecule has 0 amide bonds. The Bertz CT molecular complexity index is 629. The van der Waals surface area contributed by atoms with Crippen LogP contribution in [0, 0.1) is 5.82 Å². The summed E-state index contributed by atoms with van der Waals surface area (Å²) in [5.74, 6) is -1.64. The summed E-state index contributed by atoms with van der Waals surface area (Å²) in [4.78, 5) is 10.4. The molecular formula is C13H19FN2O4S. The molecule has 0 saturated carbocycles. The Hall–Kier alpha value is -1.67. The molecule has 0 unspecified atom stereocenters. The number of aliphatic carboxylic acids is 1. The van der Waals surface area contributed by atoms with Gasteiger partial charge in [-0.2, -0.15) is 0 Å². The highest BCUT2D eigenvalue weighted by molar-refractivity contribution is 7.89. The van der Waals surface area contributed by atoms with E-state index in [2.05, 4.69) is 10.0 Å². The maximum absolute atomic E-state index is 14.0. The first-order valence-corrected chi connectivity index (χ1v) is 7.79. The molecule has 118 valence electrons. The molecule has 0 aliphatic carbocycles. The van der Waals surface area contributed by atoms with Gasteiger partial charge in [-0.3, -0.25) is 4.79 Å². The van der Waals surface area contributed by atoms with E-state index < -0.39 is 27.3 Å². The van der Waals surface area contributed by atoms with Gasteiger partial charge in [0.25, 0.3) is 0 Å². The smallest absolute Gasteiger partial charge is 0.303 e. The summed E-state index contributed by atoms with van der Waals surface area (Å²) in [6.45, 7) is 3.49. The van der Waals surface area contributed by atoms with Crippen LogP contribution in [0.1, 0.15) is 26.7 Å². The maximum atomic E-state index is 14.0. The normalized spacial score (nSPS) is 12.2. The number of carboxylic acid groups (broad SMARTS) is 1. The van der Waals surface area contributed by atoms with Gasteiger partial charge in [-0.25, -0.2) is 17.5 Å². The van der Waals surface area contributed by atoms with Crippen LogP contribution < -0.4 is 10.0 Å². The number of anilines is 1. The topological polar surface area (TPSA) is 95.5 Å². The largest absolute Gasteiger partial charge is 0.481 e. The molecule has 0 spiro atoms. The predicted molar refractivity (Wildman–Crippen MR) is 77.2 cm³/mol. The van der Waals surface area contributed by atoms with E-state index in [0.717, 1.165) is 6.07 Å². The van der Waals surface area contributed by atoms with Gasteiger partial charge in [0.2, 0.25) is 10.0 Å². The van der Waals surface area contributed by atoms with Crippen LogP contribution in [0.3, 0.4) is 0 Å². The first kappa shape index (κ1) is 17.4. The second kappa shape index (κ2) is 6.40. The molecule has 0 aromatic heterocycles. The quantitative estimate of drug-likeness (QED) is 0.712. The second-order valence-corrected chi connectivity index (χ2v) is 7.14. The third kappa shape index (κ3) is 4.98. The maximum Gasteiger partial charge on any atom is 0.303 e. The van der Waals surface area contributed by atoms with Gasteiger partial charge in [0.05, 0.1) is 10.6 Å². The lowest BCUT2D eigenvalue weighted by Crippen LogP contribution is -2.32. The number of hydrogen-bond acceptors (Lipinski definition) is 4. The van der Waals surface area contributed by atoms with Gasteiger partial charge >= 0.3 is 5.97 Å². The molecule has 0 aliphatic heterocycles. The summed E-state index contributed by atoms with van der Waals surface area (Å²) in [6, 6.07) is 3.52. The van der Waals surface area contributed by atoms with Crippen molar-refractivity contribution in [3.63, 3.8) is 0 Å². The number of carbonyl (C=O) groups is 1. The van der Waals surface area contributed by atoms with Crippen molar-refractivity contribution in [2.75, 3.05) is 12.4 Å². The van der Waals surface area contributed by atoms with E-state index in [1.165, 1.54) is 19.2 Å². The fourth-order valence-electron chi connectivity index (χ4n) is 1.73. The third-order valence-electron chi connectivity index (χ3n) is 2.96. The number of nitrogens with one attached hydrogen (secondary N) is 2. The SMILES string of the molecule is CNS(=O)(=O)c1ccc(NC(C)(C)CCC(=O)O)c(F)c1. The van der Waals surface area contributed by atoms with Gasteiger partial charge in [0.1, 0.15) is 5.82 Å². The summed E-state index contributed by atoms with van der Waals surface area (Å²) in [5, 5.41) is 11.6. The standard InChI is InChI=1S/C13H19FN2O4S/c1-13(2,7-6-12(17)18)16-11-5-4-9(8-10(11)14)21(19,20)15-3/h4-5,8,15-16H,6-7H2,1-3H3,(H,17,18). The van der Waals surface area contributed by atoms with Crippen LogP contribution in [0.5, 0.6) is 0 Å². The fraction of sp³-hybridized carbons (Fsp3) is 0.462. The lowest BCUT2D eigenvalue weighted by molar-refractivity contribution is -0.137. The second-order valence-electron chi connectivity index (χ2n) is 5.25. The number of benzene rings is 1. The molecule has 0 fully saturated rings. The zero-order valence-electron chi connectivity index (χ0n) is 12.1. The Balaban J connectivity index is 2.93. The van der Waals surface area contributed by atoms with Gasteiger partial charge in [0.15, 0.2) is 0 Å². The molecule has 3 N–H and O–H groups in total. The highest BCUT2D eigenvalue weighted by Gasteiger charge is 2.21. The molecule has 0 radical (unpaired) electrons. The third-order valence-corrected chi connectivity index (χ3v) is 4.37. The minimum Gasteiger partial charge on any atom is -0.481 e. The molecule has 0 atom stereocenters. The molecule has 6 nitrogen and oxygen atoms in total. The van der Waals surface area contributed by atoms with E-state index in [4.69, 9.17) is 5.11 Å². The molecule has 1 aromatic carbocycles. The Morgan fingerprint density at radius 1 is 1.38 bits per heavy atom. The molecule has 21 heavy (non-hydrogen) atoms. The van der Waals surface area contributed by atoms with Crippen molar-refractivity contribution < 1.29 is 22.7 Å². The van der Waals surface area contributed by atoms with E-state index in [1.807, 2.05) is 0 Å². The number of halogens is 1. The monoisotopic (exact) mass is 318 g/mol. The molecule has 1 rings (SSSR count). The Morgan fingerprint density at radius 2 is 2.00 bits per heavy atom. The van der Waals surface area contributed by atoms with E-state index in [1.54, 1.807) is 13.8 Å². The Morgan fingerprint density at radius 3 is 2.48 bits per heavy atom. The average molecular weight is 318 g/mol. The summed E-state index contributed by atoms with van der Waals surface area (Å²) in [6.07, 6.45) is 0.256. The molecule has 8 heteroatoms. The molecule has 0 aliphatic rings. The average Bonchev–Trinajstić information content (AvgIpc) is 2.38. The summed E-state index contributed by atoms with van der Waals surface area (Å²) in [5.41, 5.74) is -0.511. The zero-order chi connectivity index (χ0) is 16.3. The van der Waals surface area contributed by atoms with E-state index >= 15 is 0 Å². The number of rotatable bonds is 7. The molecular weight excluding hydrogens is 299 g/mol. The van der Waals surface area contributed by atoms with Crippen molar-refractivity contribution in [3.8, 4) is 0 Å². The van der Waals surface area contributed by atoms with Gasteiger partial charge in [-0.1, -0.05) is 0 Å². The van der Waals surface area contributed by atoms with Gasteiger partial charge in [-0.05, 0) is 45.5 Å². The minimum absolute atomic E-state index is 0.0478. The molecule has 0 heterocycles. The van der Waals surface area contributed by atoms with Crippen molar-refractivity contribution in [2.24, 2.45) is 0 Å². The molecule has 0 saturated heterocycles. The Kier molecular flexibility index (Phi) is 5.30. The zero-order valence-corrected chi connectivity index (χ0v) is 12.9. The lowest BCUT2D eigenvalue weighted by atomic mass is 9.98. The first-order chi connectivity index (χ1) is 9.57. The summed E-state index contributed by atoms with van der Waals surface area (Å²) < 4.78 is 39.2.